The number of carbonyl (C=O) groups is 3. The molecule has 0 radical (unpaired) electrons. The number of aromatic hydroxyl groups is 1. The number of benzene rings is 1. The first kappa shape index (κ1) is 32.1. The number of ether oxygens (including phenoxy) is 1. The van der Waals surface area contributed by atoms with Gasteiger partial charge in [-0.25, -0.2) is 0 Å². The van der Waals surface area contributed by atoms with Gasteiger partial charge in [0.2, 0.25) is 5.91 Å². The smallest absolute Gasteiger partial charge is 0.373 e. The third-order valence-corrected chi connectivity index (χ3v) is 5.25. The second kappa shape index (κ2) is 19.5. The summed E-state index contributed by atoms with van der Waals surface area (Å²) in [5.41, 5.74) is 7.39. The van der Waals surface area contributed by atoms with Crippen LogP contribution in [0.25, 0.3) is 0 Å². The minimum atomic E-state index is -0.382. The third kappa shape index (κ3) is 15.6. The number of nitrogens with one attached hydrogen (secondary N) is 2. The molecule has 0 bridgehead atoms. The van der Waals surface area contributed by atoms with E-state index in [0.717, 1.165) is 18.4 Å². The predicted molar refractivity (Wildman–Crippen MR) is 134 cm³/mol. The number of phenols is 1. The Morgan fingerprint density at radius 3 is 2.51 bits per heavy atom. The normalized spacial score (nSPS) is 11.5. The monoisotopic (exact) mass is 555 g/mol. The first-order chi connectivity index (χ1) is 16.7. The molecule has 35 heavy (non-hydrogen) atoms. The number of halogens is 1. The van der Waals surface area contributed by atoms with Gasteiger partial charge < -0.3 is 26.2 Å². The van der Waals surface area contributed by atoms with Crippen LogP contribution in [0.2, 0.25) is 0 Å². The molecular weight excluding hydrogens is 522 g/mol. The lowest BCUT2D eigenvalue weighted by atomic mass is 10.0. The number of rotatable bonds is 15. The number of allylic oxidation sites excluding steroid dienone is 1. The lowest BCUT2D eigenvalue weighted by molar-refractivity contribution is -0.191. The van der Waals surface area contributed by atoms with Gasteiger partial charge >= 0.3 is 6.15 Å². The fraction of sp³-hybridized carbons (Fsp3) is 0.500. The van der Waals surface area contributed by atoms with Crippen LogP contribution in [0.4, 0.5) is 5.69 Å². The van der Waals surface area contributed by atoms with E-state index < -0.39 is 0 Å². The maximum atomic E-state index is 12.2. The second-order valence-electron chi connectivity index (χ2n) is 7.65. The van der Waals surface area contributed by atoms with E-state index in [-0.39, 0.29) is 52.9 Å². The van der Waals surface area contributed by atoms with Gasteiger partial charge in [-0.15, -0.1) is 0 Å². The number of hydrogen-bond acceptors (Lipinski definition) is 8. The zero-order valence-electron chi connectivity index (χ0n) is 20.1. The van der Waals surface area contributed by atoms with E-state index in [1.54, 1.807) is 18.2 Å². The van der Waals surface area contributed by atoms with Gasteiger partial charge in [0.05, 0.1) is 16.8 Å². The van der Waals surface area contributed by atoms with E-state index in [4.69, 9.17) is 20.1 Å². The van der Waals surface area contributed by atoms with E-state index in [9.17, 15) is 19.5 Å². The molecule has 1 atom stereocenters. The SMILES string of the molecule is CCC[C@@H](N)Cc1ccc(O)c(NC(=O)CCCCC(=O)/C=C(/Br)C(=O)NCCOC)c1.O=C=O. The van der Waals surface area contributed by atoms with Gasteiger partial charge in [0.25, 0.3) is 5.91 Å². The maximum Gasteiger partial charge on any atom is 0.373 e. The van der Waals surface area contributed by atoms with Crippen molar-refractivity contribution in [1.29, 1.82) is 0 Å². The first-order valence-electron chi connectivity index (χ1n) is 11.2. The van der Waals surface area contributed by atoms with Crippen LogP contribution in [-0.4, -0.2) is 55.2 Å². The summed E-state index contributed by atoms with van der Waals surface area (Å²) in [6, 6.07) is 5.14. The average Bonchev–Trinajstić information content (AvgIpc) is 2.79. The predicted octanol–water partition coefficient (Wildman–Crippen LogP) is 2.59. The molecule has 10 nitrogen and oxygen atoms in total. The summed E-state index contributed by atoms with van der Waals surface area (Å²) in [5, 5.41) is 15.3. The molecule has 0 heterocycles. The van der Waals surface area contributed by atoms with E-state index in [0.29, 0.717) is 38.1 Å². The Labute approximate surface area is 213 Å². The second-order valence-corrected chi connectivity index (χ2v) is 8.50. The summed E-state index contributed by atoms with van der Waals surface area (Å²) in [7, 11) is 1.53. The Morgan fingerprint density at radius 2 is 1.89 bits per heavy atom. The van der Waals surface area contributed by atoms with Crippen LogP contribution >= 0.6 is 15.9 Å². The maximum absolute atomic E-state index is 12.2. The molecule has 0 unspecified atom stereocenters. The van der Waals surface area contributed by atoms with E-state index in [2.05, 4.69) is 33.5 Å². The van der Waals surface area contributed by atoms with Crippen molar-refractivity contribution in [3.63, 3.8) is 0 Å². The van der Waals surface area contributed by atoms with Crippen LogP contribution in [-0.2, 0) is 35.1 Å². The largest absolute Gasteiger partial charge is 0.506 e. The molecule has 0 aliphatic carbocycles. The fourth-order valence-electron chi connectivity index (χ4n) is 3.01. The molecule has 0 aliphatic heterocycles. The van der Waals surface area contributed by atoms with Crippen molar-refractivity contribution in [3.8, 4) is 5.75 Å². The van der Waals surface area contributed by atoms with Crippen LogP contribution in [0.15, 0.2) is 28.8 Å². The molecule has 1 rings (SSSR count). The zero-order valence-corrected chi connectivity index (χ0v) is 21.7. The van der Waals surface area contributed by atoms with Crippen molar-refractivity contribution in [2.45, 2.75) is 57.9 Å². The Hall–Kier alpha value is -2.85. The number of unbranched alkanes of at least 4 members (excludes halogenated alkanes) is 1. The Balaban J connectivity index is 0.00000365. The number of ketones is 1. The first-order valence-corrected chi connectivity index (χ1v) is 12.0. The molecule has 1 aromatic carbocycles. The quantitative estimate of drug-likeness (QED) is 0.145. The molecule has 2 amide bonds. The highest BCUT2D eigenvalue weighted by Crippen LogP contribution is 2.25. The van der Waals surface area contributed by atoms with Gasteiger partial charge in [-0.05, 0) is 59.3 Å². The molecular formula is C24H34BrN3O7. The summed E-state index contributed by atoms with van der Waals surface area (Å²) in [6.07, 6.45) is 5.53. The van der Waals surface area contributed by atoms with Crippen LogP contribution in [0.5, 0.6) is 5.75 Å². The fourth-order valence-corrected chi connectivity index (χ4v) is 3.41. The van der Waals surface area contributed by atoms with E-state index in [1.165, 1.54) is 13.2 Å². The van der Waals surface area contributed by atoms with Crippen molar-refractivity contribution in [2.75, 3.05) is 25.6 Å². The molecule has 0 saturated carbocycles. The minimum Gasteiger partial charge on any atom is -0.506 e. The highest BCUT2D eigenvalue weighted by atomic mass is 79.9. The summed E-state index contributed by atoms with van der Waals surface area (Å²) >= 11 is 3.09. The lowest BCUT2D eigenvalue weighted by Gasteiger charge is -2.13. The van der Waals surface area contributed by atoms with Crippen molar-refractivity contribution in [2.24, 2.45) is 5.73 Å². The Kier molecular flexibility index (Phi) is 17.9. The van der Waals surface area contributed by atoms with E-state index in [1.807, 2.05) is 0 Å². The van der Waals surface area contributed by atoms with Crippen molar-refractivity contribution < 1.29 is 33.8 Å². The minimum absolute atomic E-state index is 0.0000963. The summed E-state index contributed by atoms with van der Waals surface area (Å²) < 4.78 is 5.00. The number of phenolic OH excluding ortho intramolecular Hbond substituents is 1. The van der Waals surface area contributed by atoms with Crippen molar-refractivity contribution in [1.82, 2.24) is 5.32 Å². The molecule has 0 fully saturated rings. The van der Waals surface area contributed by atoms with Crippen molar-refractivity contribution >= 4 is 45.4 Å². The van der Waals surface area contributed by atoms with Crippen LogP contribution in [0.1, 0.15) is 51.0 Å². The van der Waals surface area contributed by atoms with Crippen LogP contribution < -0.4 is 16.4 Å². The molecule has 0 aromatic heterocycles. The van der Waals surface area contributed by atoms with Gasteiger partial charge in [-0.3, -0.25) is 14.4 Å². The average molecular weight is 556 g/mol. The molecule has 194 valence electrons. The third-order valence-electron chi connectivity index (χ3n) is 4.67. The highest BCUT2D eigenvalue weighted by molar-refractivity contribution is 9.12. The zero-order chi connectivity index (χ0) is 26.6. The number of carbonyl (C=O) groups excluding carboxylic acids is 5. The summed E-state index contributed by atoms with van der Waals surface area (Å²) in [6.45, 7) is 2.81. The van der Waals surface area contributed by atoms with Crippen LogP contribution in [0.3, 0.4) is 0 Å². The topological polar surface area (TPSA) is 165 Å². The van der Waals surface area contributed by atoms with E-state index >= 15 is 0 Å². The van der Waals surface area contributed by atoms with Gasteiger partial charge in [0.1, 0.15) is 5.75 Å². The molecule has 0 spiro atoms. The molecule has 0 aliphatic rings. The summed E-state index contributed by atoms with van der Waals surface area (Å²) in [5.74, 6) is -0.822. The highest BCUT2D eigenvalue weighted by Gasteiger charge is 2.11. The molecule has 11 heteroatoms. The standard InChI is InChI=1S/C23H34BrN3O5.CO2/c1-3-6-17(25)13-16-9-10-21(29)20(14-16)27-22(30)8-5-4-7-18(28)15-19(24)23(31)26-11-12-32-2;2-1-3/h9-10,14-15,17,29H,3-8,11-13,25H2,1-2H3,(H,26,31)(H,27,30);/b19-15+;/t17-;/m1./s1. The number of hydrogen-bond donors (Lipinski definition) is 4. The number of anilines is 1. The van der Waals surface area contributed by atoms with Crippen LogP contribution in [0, 0.1) is 0 Å². The number of amides is 2. The molecule has 5 N–H and O–H groups in total. The summed E-state index contributed by atoms with van der Waals surface area (Å²) in [4.78, 5) is 52.2. The number of methoxy groups -OCH3 is 1. The Morgan fingerprint density at radius 1 is 1.23 bits per heavy atom. The van der Waals surface area contributed by atoms with Gasteiger partial charge in [0, 0.05) is 38.6 Å². The van der Waals surface area contributed by atoms with Gasteiger partial charge in [-0.1, -0.05) is 19.4 Å². The number of nitrogens with two attached hydrogens (primary N) is 1. The van der Waals surface area contributed by atoms with Gasteiger partial charge in [0.15, 0.2) is 5.78 Å². The molecule has 0 saturated heterocycles. The Bertz CT molecular complexity index is 884. The van der Waals surface area contributed by atoms with Gasteiger partial charge in [-0.2, -0.15) is 9.59 Å². The lowest BCUT2D eigenvalue weighted by Crippen LogP contribution is -2.27. The van der Waals surface area contributed by atoms with Crippen molar-refractivity contribution in [3.05, 3.63) is 34.3 Å². The molecule has 1 aromatic rings.